The molecular weight excluding hydrogens is 445 g/mol. The van der Waals surface area contributed by atoms with Crippen molar-refractivity contribution in [2.45, 2.75) is 33.1 Å². The molecule has 0 unspecified atom stereocenters. The van der Waals surface area contributed by atoms with Crippen molar-refractivity contribution in [3.05, 3.63) is 95.4 Å². The molecule has 4 rings (SSSR count). The first-order valence-corrected chi connectivity index (χ1v) is 11.5. The first kappa shape index (κ1) is 24.0. The highest BCUT2D eigenvalue weighted by atomic mass is 19.1. The van der Waals surface area contributed by atoms with Crippen molar-refractivity contribution in [2.75, 3.05) is 12.4 Å². The van der Waals surface area contributed by atoms with Crippen LogP contribution in [0.25, 0.3) is 5.69 Å². The lowest BCUT2D eigenvalue weighted by atomic mass is 10.1. The summed E-state index contributed by atoms with van der Waals surface area (Å²) in [6, 6.07) is 21.1. The van der Waals surface area contributed by atoms with Gasteiger partial charge in [-0.3, -0.25) is 4.79 Å². The van der Waals surface area contributed by atoms with Crippen LogP contribution < -0.4 is 14.8 Å². The SMILES string of the molecule is CCc1nn(-c2ccc(OC)cc2)c(Oc2cccc(F)c2)c1CCC(=O)Nc1cccc(C)c1. The van der Waals surface area contributed by atoms with Crippen molar-refractivity contribution in [1.82, 2.24) is 9.78 Å². The monoisotopic (exact) mass is 473 g/mol. The summed E-state index contributed by atoms with van der Waals surface area (Å²) in [4.78, 5) is 12.7. The zero-order chi connectivity index (χ0) is 24.8. The summed E-state index contributed by atoms with van der Waals surface area (Å²) in [5.74, 6) is 1.03. The van der Waals surface area contributed by atoms with Gasteiger partial charge in [0.2, 0.25) is 11.8 Å². The summed E-state index contributed by atoms with van der Waals surface area (Å²) >= 11 is 0. The van der Waals surface area contributed by atoms with Gasteiger partial charge in [-0.05, 0) is 73.9 Å². The van der Waals surface area contributed by atoms with E-state index >= 15 is 0 Å². The number of hydrogen-bond acceptors (Lipinski definition) is 4. The highest BCUT2D eigenvalue weighted by Crippen LogP contribution is 2.33. The molecular formula is C28H28FN3O3. The normalized spacial score (nSPS) is 10.7. The first-order valence-electron chi connectivity index (χ1n) is 11.5. The smallest absolute Gasteiger partial charge is 0.226 e. The number of rotatable bonds is 9. The molecule has 0 aliphatic heterocycles. The summed E-state index contributed by atoms with van der Waals surface area (Å²) in [5, 5.41) is 7.72. The topological polar surface area (TPSA) is 65.4 Å². The number of anilines is 1. The Kier molecular flexibility index (Phi) is 7.45. The summed E-state index contributed by atoms with van der Waals surface area (Å²) in [6.45, 7) is 3.98. The third kappa shape index (κ3) is 5.87. The van der Waals surface area contributed by atoms with E-state index in [2.05, 4.69) is 5.32 Å². The van der Waals surface area contributed by atoms with Gasteiger partial charge in [0.25, 0.3) is 0 Å². The van der Waals surface area contributed by atoms with Crippen LogP contribution in [0.1, 0.15) is 30.2 Å². The van der Waals surface area contributed by atoms with Gasteiger partial charge >= 0.3 is 0 Å². The minimum atomic E-state index is -0.396. The fourth-order valence-electron chi connectivity index (χ4n) is 3.84. The van der Waals surface area contributed by atoms with Gasteiger partial charge in [0, 0.05) is 23.7 Å². The first-order chi connectivity index (χ1) is 17.0. The van der Waals surface area contributed by atoms with E-state index in [1.165, 1.54) is 12.1 Å². The number of hydrogen-bond donors (Lipinski definition) is 1. The van der Waals surface area contributed by atoms with Gasteiger partial charge in [0.1, 0.15) is 17.3 Å². The Hall–Kier alpha value is -4.13. The lowest BCUT2D eigenvalue weighted by Gasteiger charge is -2.12. The zero-order valence-corrected chi connectivity index (χ0v) is 20.0. The molecule has 0 fully saturated rings. The third-order valence-electron chi connectivity index (χ3n) is 5.59. The molecule has 0 aliphatic carbocycles. The van der Waals surface area contributed by atoms with Crippen LogP contribution in [-0.2, 0) is 17.6 Å². The van der Waals surface area contributed by atoms with Crippen LogP contribution in [0.4, 0.5) is 10.1 Å². The number of nitrogens with one attached hydrogen (secondary N) is 1. The van der Waals surface area contributed by atoms with Crippen LogP contribution in [-0.4, -0.2) is 22.8 Å². The molecule has 7 heteroatoms. The fourth-order valence-corrected chi connectivity index (χ4v) is 3.84. The molecule has 1 N–H and O–H groups in total. The number of ether oxygens (including phenoxy) is 2. The second-order valence-electron chi connectivity index (χ2n) is 8.17. The Bertz CT molecular complexity index is 1320. The number of aromatic nitrogens is 2. The average Bonchev–Trinajstić information content (AvgIpc) is 3.20. The molecule has 3 aromatic carbocycles. The van der Waals surface area contributed by atoms with Gasteiger partial charge in [-0.15, -0.1) is 0 Å². The maximum atomic E-state index is 13.9. The van der Waals surface area contributed by atoms with Gasteiger partial charge < -0.3 is 14.8 Å². The quantitative estimate of drug-likeness (QED) is 0.312. The number of aryl methyl sites for hydroxylation is 2. The van der Waals surface area contributed by atoms with Crippen LogP contribution in [0, 0.1) is 12.7 Å². The van der Waals surface area contributed by atoms with Gasteiger partial charge in [-0.25, -0.2) is 9.07 Å². The summed E-state index contributed by atoms with van der Waals surface area (Å²) < 4.78 is 27.0. The highest BCUT2D eigenvalue weighted by Gasteiger charge is 2.21. The average molecular weight is 474 g/mol. The number of nitrogens with zero attached hydrogens (tertiary/aromatic N) is 2. The second-order valence-corrected chi connectivity index (χ2v) is 8.17. The fraction of sp³-hybridized carbons (Fsp3) is 0.214. The molecule has 0 spiro atoms. The number of amides is 1. The van der Waals surface area contributed by atoms with Crippen LogP contribution in [0.2, 0.25) is 0 Å². The van der Waals surface area contributed by atoms with Gasteiger partial charge in [-0.2, -0.15) is 5.10 Å². The van der Waals surface area contributed by atoms with Gasteiger partial charge in [-0.1, -0.05) is 25.1 Å². The predicted octanol–water partition coefficient (Wildman–Crippen LogP) is 6.25. The van der Waals surface area contributed by atoms with E-state index in [0.717, 1.165) is 33.9 Å². The van der Waals surface area contributed by atoms with Crippen molar-refractivity contribution in [2.24, 2.45) is 0 Å². The zero-order valence-electron chi connectivity index (χ0n) is 20.0. The molecule has 0 aliphatic rings. The van der Waals surface area contributed by atoms with E-state index in [1.54, 1.807) is 23.9 Å². The minimum Gasteiger partial charge on any atom is -0.497 e. The Balaban J connectivity index is 1.65. The lowest BCUT2D eigenvalue weighted by Crippen LogP contribution is -2.13. The molecule has 1 amide bonds. The van der Waals surface area contributed by atoms with Crippen LogP contribution in [0.15, 0.2) is 72.8 Å². The summed E-state index contributed by atoms with van der Waals surface area (Å²) in [5.41, 5.74) is 4.23. The minimum absolute atomic E-state index is 0.105. The van der Waals surface area contributed by atoms with E-state index in [0.29, 0.717) is 24.5 Å². The number of methoxy groups -OCH3 is 1. The molecule has 0 saturated heterocycles. The molecule has 0 radical (unpaired) electrons. The lowest BCUT2D eigenvalue weighted by molar-refractivity contribution is -0.116. The molecule has 6 nitrogen and oxygen atoms in total. The number of benzene rings is 3. The van der Waals surface area contributed by atoms with E-state index in [4.69, 9.17) is 14.6 Å². The number of halogens is 1. The van der Waals surface area contributed by atoms with Crippen molar-refractivity contribution in [1.29, 1.82) is 0 Å². The second kappa shape index (κ2) is 10.9. The Morgan fingerprint density at radius 1 is 1.03 bits per heavy atom. The Labute approximate surface area is 204 Å². The third-order valence-corrected chi connectivity index (χ3v) is 5.59. The molecule has 0 bridgehead atoms. The standard InChI is InChI=1S/C28H28FN3O3/c1-4-26-25(15-16-27(33)30-21-9-5-7-19(2)17-21)28(35-24-10-6-8-20(29)18-24)32(31-26)22-11-13-23(34-3)14-12-22/h5-14,17-18H,4,15-16H2,1-3H3,(H,30,33). The van der Waals surface area contributed by atoms with E-state index in [1.807, 2.05) is 62.4 Å². The molecule has 0 saturated carbocycles. The maximum Gasteiger partial charge on any atom is 0.226 e. The van der Waals surface area contributed by atoms with Crippen molar-refractivity contribution in [3.8, 4) is 23.1 Å². The maximum absolute atomic E-state index is 13.9. The number of carbonyl (C=O) groups excluding carboxylic acids is 1. The molecule has 0 atom stereocenters. The van der Waals surface area contributed by atoms with Gasteiger partial charge in [0.05, 0.1) is 18.5 Å². The van der Waals surface area contributed by atoms with Crippen molar-refractivity contribution < 1.29 is 18.7 Å². The van der Waals surface area contributed by atoms with Gasteiger partial charge in [0.15, 0.2) is 0 Å². The Morgan fingerprint density at radius 2 is 1.80 bits per heavy atom. The van der Waals surface area contributed by atoms with E-state index in [9.17, 15) is 9.18 Å². The van der Waals surface area contributed by atoms with Crippen LogP contribution in [0.3, 0.4) is 0 Å². The van der Waals surface area contributed by atoms with Crippen LogP contribution in [0.5, 0.6) is 17.4 Å². The van der Waals surface area contributed by atoms with Crippen LogP contribution >= 0.6 is 0 Å². The van der Waals surface area contributed by atoms with Crippen molar-refractivity contribution in [3.63, 3.8) is 0 Å². The largest absolute Gasteiger partial charge is 0.497 e. The Morgan fingerprint density at radius 3 is 2.49 bits per heavy atom. The molecule has 180 valence electrons. The van der Waals surface area contributed by atoms with E-state index < -0.39 is 5.82 Å². The van der Waals surface area contributed by atoms with E-state index in [-0.39, 0.29) is 12.3 Å². The predicted molar refractivity (Wildman–Crippen MR) is 134 cm³/mol. The van der Waals surface area contributed by atoms with Crippen molar-refractivity contribution >= 4 is 11.6 Å². The molecule has 35 heavy (non-hydrogen) atoms. The summed E-state index contributed by atoms with van der Waals surface area (Å²) in [6.07, 6.45) is 1.31. The molecule has 1 aromatic heterocycles. The number of carbonyl (C=O) groups is 1. The molecule has 1 heterocycles. The summed E-state index contributed by atoms with van der Waals surface area (Å²) in [7, 11) is 1.61. The highest BCUT2D eigenvalue weighted by molar-refractivity contribution is 5.91. The molecule has 4 aromatic rings.